The molecule has 3 aromatic rings. The number of carbonyl (C=O) groups is 1. The topological polar surface area (TPSA) is 59.8 Å². The number of pyridine rings is 2. The predicted molar refractivity (Wildman–Crippen MR) is 94.4 cm³/mol. The quantitative estimate of drug-likeness (QED) is 0.795. The van der Waals surface area contributed by atoms with E-state index in [-0.39, 0.29) is 5.91 Å². The van der Waals surface area contributed by atoms with Crippen LogP contribution in [-0.4, -0.2) is 20.4 Å². The molecule has 0 atom stereocenters. The van der Waals surface area contributed by atoms with Crippen LogP contribution in [0.5, 0.6) is 0 Å². The minimum Gasteiger partial charge on any atom is -0.348 e. The minimum absolute atomic E-state index is 0.0414. The third-order valence-corrected chi connectivity index (χ3v) is 4.96. The molecule has 1 aliphatic heterocycles. The molecule has 0 radical (unpaired) electrons. The van der Waals surface area contributed by atoms with Gasteiger partial charge in [-0.25, -0.2) is 0 Å². The third kappa shape index (κ3) is 2.80. The van der Waals surface area contributed by atoms with Gasteiger partial charge in [-0.15, -0.1) is 11.8 Å². The summed E-state index contributed by atoms with van der Waals surface area (Å²) in [5.41, 5.74) is 4.91. The summed E-state index contributed by atoms with van der Waals surface area (Å²) < 4.78 is 2.21. The molecule has 0 unspecified atom stereocenters. The van der Waals surface area contributed by atoms with Gasteiger partial charge in [0.1, 0.15) is 0 Å². The van der Waals surface area contributed by atoms with E-state index in [0.717, 1.165) is 39.7 Å². The summed E-state index contributed by atoms with van der Waals surface area (Å²) in [4.78, 5) is 20.9. The van der Waals surface area contributed by atoms with Crippen molar-refractivity contribution in [1.82, 2.24) is 19.9 Å². The maximum atomic E-state index is 12.7. The monoisotopic (exact) mass is 336 g/mol. The molecule has 0 saturated heterocycles. The van der Waals surface area contributed by atoms with Gasteiger partial charge >= 0.3 is 0 Å². The van der Waals surface area contributed by atoms with Crippen molar-refractivity contribution in [2.24, 2.45) is 0 Å². The molecule has 0 spiro atoms. The molecular weight excluding hydrogens is 320 g/mol. The summed E-state index contributed by atoms with van der Waals surface area (Å²) >= 11 is 1.82. The highest BCUT2D eigenvalue weighted by atomic mass is 32.2. The molecule has 0 aliphatic carbocycles. The third-order valence-electron chi connectivity index (χ3n) is 4.05. The summed E-state index contributed by atoms with van der Waals surface area (Å²) in [6.07, 6.45) is 7.08. The lowest BCUT2D eigenvalue weighted by atomic mass is 10.1. The van der Waals surface area contributed by atoms with E-state index in [2.05, 4.69) is 19.9 Å². The number of aromatic nitrogens is 3. The molecule has 5 nitrogen and oxygen atoms in total. The normalized spacial score (nSPS) is 12.8. The second-order valence-corrected chi connectivity index (χ2v) is 6.54. The zero-order valence-corrected chi connectivity index (χ0v) is 13.8. The van der Waals surface area contributed by atoms with Crippen LogP contribution in [0.15, 0.2) is 55.1 Å². The fourth-order valence-corrected chi connectivity index (χ4v) is 3.93. The number of amides is 1. The molecule has 4 rings (SSSR count). The van der Waals surface area contributed by atoms with Crippen LogP contribution in [0.2, 0.25) is 0 Å². The Labute approximate surface area is 144 Å². The van der Waals surface area contributed by atoms with Crippen LogP contribution in [0.1, 0.15) is 21.6 Å². The number of thioether (sulfide) groups is 1. The first-order valence-electron chi connectivity index (χ1n) is 7.70. The van der Waals surface area contributed by atoms with Crippen LogP contribution in [0.4, 0.5) is 0 Å². The molecule has 1 aliphatic rings. The van der Waals surface area contributed by atoms with Gasteiger partial charge in [-0.05, 0) is 29.8 Å². The van der Waals surface area contributed by atoms with Gasteiger partial charge in [-0.1, -0.05) is 6.07 Å². The molecule has 120 valence electrons. The Morgan fingerprint density at radius 3 is 2.79 bits per heavy atom. The number of fused-ring (bicyclic) bond motifs is 1. The van der Waals surface area contributed by atoms with Gasteiger partial charge in [0.25, 0.3) is 5.91 Å². The van der Waals surface area contributed by atoms with Crippen molar-refractivity contribution in [2.45, 2.75) is 18.2 Å². The lowest BCUT2D eigenvalue weighted by Gasteiger charge is -2.05. The van der Waals surface area contributed by atoms with Crippen LogP contribution in [0.3, 0.4) is 0 Å². The summed E-state index contributed by atoms with van der Waals surface area (Å²) in [7, 11) is 0. The fourth-order valence-electron chi connectivity index (χ4n) is 2.86. The first kappa shape index (κ1) is 15.0. The van der Waals surface area contributed by atoms with Crippen LogP contribution >= 0.6 is 11.8 Å². The van der Waals surface area contributed by atoms with Gasteiger partial charge in [0.15, 0.2) is 0 Å². The summed E-state index contributed by atoms with van der Waals surface area (Å²) in [5.74, 6) is 1.69. The first-order valence-corrected chi connectivity index (χ1v) is 8.86. The van der Waals surface area contributed by atoms with Gasteiger partial charge in [0.2, 0.25) is 0 Å². The Bertz CT molecular complexity index is 861. The average molecular weight is 336 g/mol. The Morgan fingerprint density at radius 2 is 2.04 bits per heavy atom. The number of nitrogens with one attached hydrogen (secondary N) is 1. The van der Waals surface area contributed by atoms with E-state index >= 15 is 0 Å². The summed E-state index contributed by atoms with van der Waals surface area (Å²) in [6, 6.07) is 9.74. The largest absolute Gasteiger partial charge is 0.348 e. The lowest BCUT2D eigenvalue weighted by molar-refractivity contribution is 0.0950. The van der Waals surface area contributed by atoms with Gasteiger partial charge in [0, 0.05) is 48.3 Å². The Kier molecular flexibility index (Phi) is 4.04. The molecule has 0 saturated carbocycles. The van der Waals surface area contributed by atoms with Crippen LogP contribution in [0.25, 0.3) is 11.3 Å². The molecule has 1 N–H and O–H groups in total. The van der Waals surface area contributed by atoms with E-state index in [1.165, 1.54) is 0 Å². The van der Waals surface area contributed by atoms with Gasteiger partial charge in [0.05, 0.1) is 17.1 Å². The Hall–Kier alpha value is -2.60. The van der Waals surface area contributed by atoms with E-state index in [0.29, 0.717) is 6.54 Å². The maximum Gasteiger partial charge on any atom is 0.253 e. The first-order chi connectivity index (χ1) is 11.8. The van der Waals surface area contributed by atoms with Crippen LogP contribution in [-0.2, 0) is 18.2 Å². The van der Waals surface area contributed by atoms with Crippen molar-refractivity contribution in [1.29, 1.82) is 0 Å². The SMILES string of the molecule is O=C(NCc1cccnc1)c1cc(-c2cccnc2)n2c1CSC2. The molecule has 0 bridgehead atoms. The highest BCUT2D eigenvalue weighted by Crippen LogP contribution is 2.34. The van der Waals surface area contributed by atoms with Crippen molar-refractivity contribution in [3.8, 4) is 11.3 Å². The van der Waals surface area contributed by atoms with E-state index in [4.69, 9.17) is 0 Å². The van der Waals surface area contributed by atoms with Crippen molar-refractivity contribution in [3.63, 3.8) is 0 Å². The van der Waals surface area contributed by atoms with Crippen molar-refractivity contribution in [2.75, 3.05) is 0 Å². The number of nitrogens with zero attached hydrogens (tertiary/aromatic N) is 3. The summed E-state index contributed by atoms with van der Waals surface area (Å²) in [6.45, 7) is 0.479. The number of hydrogen-bond acceptors (Lipinski definition) is 4. The van der Waals surface area contributed by atoms with Crippen molar-refractivity contribution < 1.29 is 4.79 Å². The Balaban J connectivity index is 1.60. The van der Waals surface area contributed by atoms with Crippen LogP contribution in [0, 0.1) is 0 Å². The predicted octanol–water partition coefficient (Wildman–Crippen LogP) is 3.08. The second-order valence-electron chi connectivity index (χ2n) is 5.58. The van der Waals surface area contributed by atoms with E-state index in [9.17, 15) is 4.79 Å². The highest BCUT2D eigenvalue weighted by molar-refractivity contribution is 7.97. The van der Waals surface area contributed by atoms with Gasteiger partial charge in [-0.2, -0.15) is 0 Å². The van der Waals surface area contributed by atoms with Crippen LogP contribution < -0.4 is 5.32 Å². The van der Waals surface area contributed by atoms with Crippen molar-refractivity contribution in [3.05, 3.63) is 71.9 Å². The zero-order valence-electron chi connectivity index (χ0n) is 13.0. The number of hydrogen-bond donors (Lipinski definition) is 1. The molecule has 4 heterocycles. The number of rotatable bonds is 4. The molecular formula is C18H16N4OS. The smallest absolute Gasteiger partial charge is 0.253 e. The molecule has 3 aromatic heterocycles. The molecule has 24 heavy (non-hydrogen) atoms. The molecule has 1 amide bonds. The lowest BCUT2D eigenvalue weighted by Crippen LogP contribution is -2.23. The summed E-state index contributed by atoms with van der Waals surface area (Å²) in [5, 5.41) is 2.99. The molecule has 0 aromatic carbocycles. The fraction of sp³-hybridized carbons (Fsp3) is 0.167. The molecule has 0 fully saturated rings. The molecule has 6 heteroatoms. The highest BCUT2D eigenvalue weighted by Gasteiger charge is 2.24. The van der Waals surface area contributed by atoms with E-state index in [1.54, 1.807) is 18.6 Å². The average Bonchev–Trinajstić information content (AvgIpc) is 3.24. The van der Waals surface area contributed by atoms with Gasteiger partial charge < -0.3 is 9.88 Å². The minimum atomic E-state index is -0.0414. The van der Waals surface area contributed by atoms with Crippen molar-refractivity contribution >= 4 is 17.7 Å². The van der Waals surface area contributed by atoms with E-state index in [1.807, 2.05) is 48.3 Å². The standard InChI is InChI=1S/C18H16N4OS/c23-18(21-9-13-3-1-5-19-8-13)15-7-16(14-4-2-6-20-10-14)22-12-24-11-17(15)22/h1-8,10H,9,11-12H2,(H,21,23). The van der Waals surface area contributed by atoms with Gasteiger partial charge in [-0.3, -0.25) is 14.8 Å². The number of carbonyl (C=O) groups excluding carboxylic acids is 1. The second kappa shape index (κ2) is 6.49. The zero-order chi connectivity index (χ0) is 16.4. The van der Waals surface area contributed by atoms with E-state index < -0.39 is 0 Å². The Morgan fingerprint density at radius 1 is 1.21 bits per heavy atom. The maximum absolute atomic E-state index is 12.7.